The maximum atomic E-state index is 11.9. The molecule has 1 aromatic heterocycles. The van der Waals surface area contributed by atoms with Gasteiger partial charge in [0.15, 0.2) is 0 Å². The predicted molar refractivity (Wildman–Crippen MR) is 88.9 cm³/mol. The van der Waals surface area contributed by atoms with Gasteiger partial charge < -0.3 is 15.2 Å². The number of nitrogens with zero attached hydrogens (tertiary/aromatic N) is 2. The second kappa shape index (κ2) is 9.39. The van der Waals surface area contributed by atoms with Gasteiger partial charge in [0.25, 0.3) is 5.91 Å². The number of carbonyl (C=O) groups is 1. The summed E-state index contributed by atoms with van der Waals surface area (Å²) in [7, 11) is 1.87. The smallest absolute Gasteiger partial charge is 0.251 e. The SMILES string of the molecule is CNC(C)CNC(=O)c1ccc(-n2ccnc2)cc1.Cl.Cl. The van der Waals surface area contributed by atoms with Gasteiger partial charge in [-0.1, -0.05) is 0 Å². The molecule has 116 valence electrons. The number of imidazole rings is 1. The van der Waals surface area contributed by atoms with Gasteiger partial charge in [-0.05, 0) is 38.2 Å². The van der Waals surface area contributed by atoms with Crippen LogP contribution in [0, 0.1) is 0 Å². The lowest BCUT2D eigenvalue weighted by Crippen LogP contribution is -2.37. The number of rotatable bonds is 5. The Bertz CT molecular complexity index is 528. The number of benzene rings is 1. The molecule has 2 aromatic rings. The summed E-state index contributed by atoms with van der Waals surface area (Å²) in [6, 6.07) is 7.69. The highest BCUT2D eigenvalue weighted by atomic mass is 35.5. The van der Waals surface area contributed by atoms with E-state index in [1.54, 1.807) is 12.5 Å². The molecule has 0 bridgehead atoms. The Hall–Kier alpha value is -1.56. The number of aromatic nitrogens is 2. The summed E-state index contributed by atoms with van der Waals surface area (Å²) in [5.74, 6) is -0.0562. The fourth-order valence-electron chi connectivity index (χ4n) is 1.65. The summed E-state index contributed by atoms with van der Waals surface area (Å²) in [6.07, 6.45) is 5.31. The van der Waals surface area contributed by atoms with Gasteiger partial charge in [-0.25, -0.2) is 4.98 Å². The van der Waals surface area contributed by atoms with E-state index < -0.39 is 0 Å². The lowest BCUT2D eigenvalue weighted by Gasteiger charge is -2.11. The monoisotopic (exact) mass is 330 g/mol. The third-order valence-electron chi connectivity index (χ3n) is 2.99. The minimum atomic E-state index is -0.0562. The van der Waals surface area contributed by atoms with Crippen LogP contribution in [0.25, 0.3) is 5.69 Å². The first-order chi connectivity index (χ1) is 9.20. The van der Waals surface area contributed by atoms with Crippen molar-refractivity contribution in [3.05, 3.63) is 48.5 Å². The Morgan fingerprint density at radius 2 is 1.95 bits per heavy atom. The first-order valence-corrected chi connectivity index (χ1v) is 6.24. The highest BCUT2D eigenvalue weighted by Gasteiger charge is 2.06. The van der Waals surface area contributed by atoms with Crippen LogP contribution in [0.1, 0.15) is 17.3 Å². The zero-order valence-electron chi connectivity index (χ0n) is 11.9. The van der Waals surface area contributed by atoms with Gasteiger partial charge in [0.1, 0.15) is 0 Å². The van der Waals surface area contributed by atoms with Crippen LogP contribution >= 0.6 is 24.8 Å². The predicted octanol–water partition coefficient (Wildman–Crippen LogP) is 2.05. The van der Waals surface area contributed by atoms with Gasteiger partial charge >= 0.3 is 0 Å². The zero-order chi connectivity index (χ0) is 13.7. The lowest BCUT2D eigenvalue weighted by atomic mass is 10.2. The molecule has 0 spiro atoms. The molecule has 0 aliphatic heterocycles. The van der Waals surface area contributed by atoms with Crippen LogP contribution in [-0.4, -0.2) is 35.1 Å². The normalized spacial score (nSPS) is 11.0. The number of nitrogens with one attached hydrogen (secondary N) is 2. The van der Waals surface area contributed by atoms with Crippen molar-refractivity contribution in [3.63, 3.8) is 0 Å². The Labute approximate surface area is 137 Å². The van der Waals surface area contributed by atoms with Crippen LogP contribution in [0.2, 0.25) is 0 Å². The van der Waals surface area contributed by atoms with Crippen LogP contribution in [0.4, 0.5) is 0 Å². The highest BCUT2D eigenvalue weighted by Crippen LogP contribution is 2.09. The molecule has 5 nitrogen and oxygen atoms in total. The molecular formula is C14H20Cl2N4O. The molecule has 1 heterocycles. The third-order valence-corrected chi connectivity index (χ3v) is 2.99. The Morgan fingerprint density at radius 3 is 2.48 bits per heavy atom. The molecule has 1 unspecified atom stereocenters. The lowest BCUT2D eigenvalue weighted by molar-refractivity contribution is 0.0950. The molecule has 0 aliphatic carbocycles. The number of likely N-dealkylation sites (N-methyl/N-ethyl adjacent to an activating group) is 1. The maximum absolute atomic E-state index is 11.9. The van der Waals surface area contributed by atoms with E-state index >= 15 is 0 Å². The van der Waals surface area contributed by atoms with Crippen molar-refractivity contribution in [2.24, 2.45) is 0 Å². The highest BCUT2D eigenvalue weighted by molar-refractivity contribution is 5.94. The van der Waals surface area contributed by atoms with Crippen molar-refractivity contribution in [3.8, 4) is 5.69 Å². The van der Waals surface area contributed by atoms with Crippen molar-refractivity contribution < 1.29 is 4.79 Å². The minimum absolute atomic E-state index is 0. The average Bonchev–Trinajstić information content (AvgIpc) is 2.98. The van der Waals surface area contributed by atoms with Gasteiger partial charge in [0.2, 0.25) is 0 Å². The summed E-state index contributed by atoms with van der Waals surface area (Å²) < 4.78 is 1.89. The fourth-order valence-corrected chi connectivity index (χ4v) is 1.65. The van der Waals surface area contributed by atoms with E-state index in [2.05, 4.69) is 15.6 Å². The molecule has 0 saturated carbocycles. The Morgan fingerprint density at radius 1 is 1.29 bits per heavy atom. The van der Waals surface area contributed by atoms with E-state index in [1.165, 1.54) is 0 Å². The molecule has 0 saturated heterocycles. The summed E-state index contributed by atoms with van der Waals surface area (Å²) in [6.45, 7) is 2.63. The number of amides is 1. The summed E-state index contributed by atoms with van der Waals surface area (Å²) >= 11 is 0. The second-order valence-corrected chi connectivity index (χ2v) is 4.42. The third kappa shape index (κ3) is 5.38. The molecule has 0 aliphatic rings. The molecule has 0 fully saturated rings. The Kier molecular flexibility index (Phi) is 8.69. The quantitative estimate of drug-likeness (QED) is 0.882. The van der Waals surface area contributed by atoms with Crippen LogP contribution in [0.15, 0.2) is 43.0 Å². The van der Waals surface area contributed by atoms with Gasteiger partial charge in [0, 0.05) is 36.2 Å². The van der Waals surface area contributed by atoms with E-state index in [0.29, 0.717) is 12.1 Å². The van der Waals surface area contributed by atoms with E-state index in [-0.39, 0.29) is 36.8 Å². The van der Waals surface area contributed by atoms with Crippen molar-refractivity contribution in [1.29, 1.82) is 0 Å². The summed E-state index contributed by atoms with van der Waals surface area (Å²) in [5.41, 5.74) is 1.64. The average molecular weight is 331 g/mol. The molecule has 21 heavy (non-hydrogen) atoms. The minimum Gasteiger partial charge on any atom is -0.350 e. The first-order valence-electron chi connectivity index (χ1n) is 6.24. The second-order valence-electron chi connectivity index (χ2n) is 4.42. The summed E-state index contributed by atoms with van der Waals surface area (Å²) in [5, 5.41) is 5.96. The zero-order valence-corrected chi connectivity index (χ0v) is 13.6. The number of halogens is 2. The molecule has 1 amide bonds. The van der Waals surface area contributed by atoms with Crippen molar-refractivity contribution in [1.82, 2.24) is 20.2 Å². The molecule has 2 N–H and O–H groups in total. The van der Waals surface area contributed by atoms with Crippen LogP contribution in [-0.2, 0) is 0 Å². The van der Waals surface area contributed by atoms with Crippen molar-refractivity contribution in [2.75, 3.05) is 13.6 Å². The first kappa shape index (κ1) is 19.4. The molecule has 1 atom stereocenters. The largest absolute Gasteiger partial charge is 0.350 e. The molecular weight excluding hydrogens is 311 g/mol. The van der Waals surface area contributed by atoms with E-state index in [9.17, 15) is 4.79 Å². The number of hydrogen-bond donors (Lipinski definition) is 2. The summed E-state index contributed by atoms with van der Waals surface area (Å²) in [4.78, 5) is 15.9. The molecule has 7 heteroatoms. The molecule has 2 rings (SSSR count). The van der Waals surface area contributed by atoms with Gasteiger partial charge in [0.05, 0.1) is 6.33 Å². The van der Waals surface area contributed by atoms with E-state index in [1.807, 2.05) is 49.0 Å². The topological polar surface area (TPSA) is 58.9 Å². The van der Waals surface area contributed by atoms with E-state index in [0.717, 1.165) is 5.69 Å². The van der Waals surface area contributed by atoms with E-state index in [4.69, 9.17) is 0 Å². The van der Waals surface area contributed by atoms with Crippen molar-refractivity contribution >= 4 is 30.7 Å². The molecule has 1 aromatic carbocycles. The van der Waals surface area contributed by atoms with Crippen LogP contribution in [0.5, 0.6) is 0 Å². The fraction of sp³-hybridized carbons (Fsp3) is 0.286. The Balaban J connectivity index is 0.00000200. The van der Waals surface area contributed by atoms with Gasteiger partial charge in [-0.3, -0.25) is 4.79 Å². The number of hydrogen-bond acceptors (Lipinski definition) is 3. The van der Waals surface area contributed by atoms with Gasteiger partial charge in [-0.2, -0.15) is 0 Å². The van der Waals surface area contributed by atoms with Crippen LogP contribution < -0.4 is 10.6 Å². The van der Waals surface area contributed by atoms with Crippen molar-refractivity contribution in [2.45, 2.75) is 13.0 Å². The maximum Gasteiger partial charge on any atom is 0.251 e. The standard InChI is InChI=1S/C14H18N4O.2ClH/c1-11(15-2)9-17-14(19)12-3-5-13(6-4-12)18-8-7-16-10-18;;/h3-8,10-11,15H,9H2,1-2H3,(H,17,19);2*1H. The molecule has 0 radical (unpaired) electrons. The number of carbonyl (C=O) groups excluding carboxylic acids is 1. The van der Waals surface area contributed by atoms with Gasteiger partial charge in [-0.15, -0.1) is 24.8 Å². The van der Waals surface area contributed by atoms with Crippen LogP contribution in [0.3, 0.4) is 0 Å².